The van der Waals surface area contributed by atoms with Crippen LogP contribution >= 0.6 is 0 Å². The molecule has 0 saturated carbocycles. The summed E-state index contributed by atoms with van der Waals surface area (Å²) in [7, 11) is 0. The summed E-state index contributed by atoms with van der Waals surface area (Å²) < 4.78 is 2.32. The van der Waals surface area contributed by atoms with Crippen LogP contribution in [0.2, 0.25) is 0 Å². The molecule has 0 fully saturated rings. The van der Waals surface area contributed by atoms with E-state index in [0.717, 1.165) is 16.9 Å². The molecule has 1 atom stereocenters. The molecule has 1 heterocycles. The molecular weight excluding hydrogens is 416 g/mol. The van der Waals surface area contributed by atoms with Crippen LogP contribution in [0.5, 0.6) is 0 Å². The van der Waals surface area contributed by atoms with Gasteiger partial charge in [-0.15, -0.1) is 0 Å². The summed E-state index contributed by atoms with van der Waals surface area (Å²) in [4.78, 5) is 0. The van der Waals surface area contributed by atoms with Gasteiger partial charge in [0.25, 0.3) is 0 Å². The quantitative estimate of drug-likeness (QED) is 0.281. The third kappa shape index (κ3) is 4.35. The fourth-order valence-corrected chi connectivity index (χ4v) is 4.93. The molecule has 0 radical (unpaired) electrons. The standard InChI is InChI=1S/C31H30N2O/c1-22-18-23(2)30-28(19-22)29(24-12-6-3-7-13-24)31(25-14-8-4-9-15-25)33(30)21-27(34)20-32-26-16-10-5-11-17-26/h3-19,27,32,34H,20-21H2,1-2H3. The highest BCUT2D eigenvalue weighted by Crippen LogP contribution is 2.42. The largest absolute Gasteiger partial charge is 0.389 e. The van der Waals surface area contributed by atoms with Gasteiger partial charge in [0.1, 0.15) is 0 Å². The Morgan fingerprint density at radius 2 is 1.35 bits per heavy atom. The fraction of sp³-hybridized carbons (Fsp3) is 0.161. The molecule has 34 heavy (non-hydrogen) atoms. The lowest BCUT2D eigenvalue weighted by atomic mass is 9.97. The van der Waals surface area contributed by atoms with Crippen molar-refractivity contribution in [2.75, 3.05) is 11.9 Å². The van der Waals surface area contributed by atoms with E-state index in [1.165, 1.54) is 33.2 Å². The zero-order chi connectivity index (χ0) is 23.5. The maximum Gasteiger partial charge on any atom is 0.0891 e. The summed E-state index contributed by atoms with van der Waals surface area (Å²) in [6, 6.07) is 35.7. The Balaban J connectivity index is 1.67. The molecule has 3 nitrogen and oxygen atoms in total. The number of aromatic nitrogens is 1. The van der Waals surface area contributed by atoms with Gasteiger partial charge in [0.05, 0.1) is 23.9 Å². The first-order chi connectivity index (χ1) is 16.6. The van der Waals surface area contributed by atoms with Crippen molar-refractivity contribution in [2.24, 2.45) is 0 Å². The average molecular weight is 447 g/mol. The van der Waals surface area contributed by atoms with Gasteiger partial charge in [-0.3, -0.25) is 0 Å². The predicted octanol–water partition coefficient (Wildman–Crippen LogP) is 7.07. The minimum absolute atomic E-state index is 0.476. The van der Waals surface area contributed by atoms with Crippen LogP contribution in [0.25, 0.3) is 33.3 Å². The zero-order valence-electron chi connectivity index (χ0n) is 19.7. The van der Waals surface area contributed by atoms with E-state index in [1.807, 2.05) is 36.4 Å². The third-order valence-corrected chi connectivity index (χ3v) is 6.31. The molecule has 0 aliphatic rings. The number of fused-ring (bicyclic) bond motifs is 1. The SMILES string of the molecule is Cc1cc(C)c2c(c1)c(-c1ccccc1)c(-c1ccccc1)n2CC(O)CNc1ccccc1. The molecular formula is C31H30N2O. The van der Waals surface area contributed by atoms with Crippen molar-refractivity contribution in [3.8, 4) is 22.4 Å². The molecule has 1 aromatic heterocycles. The van der Waals surface area contributed by atoms with E-state index in [2.05, 4.69) is 90.5 Å². The van der Waals surface area contributed by atoms with Crippen LogP contribution in [0, 0.1) is 13.8 Å². The molecule has 0 aliphatic heterocycles. The first kappa shape index (κ1) is 22.0. The number of aryl methyl sites for hydroxylation is 2. The minimum Gasteiger partial charge on any atom is -0.389 e. The van der Waals surface area contributed by atoms with Crippen molar-refractivity contribution in [1.82, 2.24) is 4.57 Å². The predicted molar refractivity (Wildman–Crippen MR) is 143 cm³/mol. The summed E-state index contributed by atoms with van der Waals surface area (Å²) in [5.74, 6) is 0. The maximum atomic E-state index is 11.1. The Labute approximate surface area is 201 Å². The van der Waals surface area contributed by atoms with E-state index < -0.39 is 6.10 Å². The second kappa shape index (κ2) is 9.58. The monoisotopic (exact) mass is 446 g/mol. The normalized spacial score (nSPS) is 12.1. The Bertz CT molecular complexity index is 1390. The molecule has 5 rings (SSSR count). The lowest BCUT2D eigenvalue weighted by molar-refractivity contribution is 0.169. The van der Waals surface area contributed by atoms with Crippen molar-refractivity contribution < 1.29 is 5.11 Å². The first-order valence-corrected chi connectivity index (χ1v) is 11.8. The number of aliphatic hydroxyl groups excluding tert-OH is 1. The summed E-state index contributed by atoms with van der Waals surface area (Å²) in [5, 5.41) is 15.7. The van der Waals surface area contributed by atoms with Gasteiger partial charge in [-0.1, -0.05) is 90.5 Å². The third-order valence-electron chi connectivity index (χ3n) is 6.31. The number of hydrogen-bond acceptors (Lipinski definition) is 2. The molecule has 0 saturated heterocycles. The number of para-hydroxylation sites is 1. The van der Waals surface area contributed by atoms with Gasteiger partial charge in [0, 0.05) is 23.2 Å². The minimum atomic E-state index is -0.553. The highest BCUT2D eigenvalue weighted by Gasteiger charge is 2.23. The van der Waals surface area contributed by atoms with Gasteiger partial charge in [-0.05, 0) is 48.7 Å². The van der Waals surface area contributed by atoms with Crippen molar-refractivity contribution in [3.63, 3.8) is 0 Å². The molecule has 1 unspecified atom stereocenters. The number of aliphatic hydroxyl groups is 1. The number of nitrogens with one attached hydrogen (secondary N) is 1. The molecule has 0 bridgehead atoms. The maximum absolute atomic E-state index is 11.1. The molecule has 0 amide bonds. The van der Waals surface area contributed by atoms with Gasteiger partial charge in [0.15, 0.2) is 0 Å². The van der Waals surface area contributed by atoms with Crippen LogP contribution in [0.15, 0.2) is 103 Å². The van der Waals surface area contributed by atoms with E-state index in [0.29, 0.717) is 13.1 Å². The second-order valence-corrected chi connectivity index (χ2v) is 8.94. The fourth-order valence-electron chi connectivity index (χ4n) is 4.93. The van der Waals surface area contributed by atoms with Crippen LogP contribution in [-0.4, -0.2) is 22.3 Å². The van der Waals surface area contributed by atoms with Crippen molar-refractivity contribution >= 4 is 16.6 Å². The summed E-state index contributed by atoms with van der Waals surface area (Å²) in [6.07, 6.45) is -0.553. The van der Waals surface area contributed by atoms with E-state index in [-0.39, 0.29) is 0 Å². The van der Waals surface area contributed by atoms with Crippen molar-refractivity contribution in [3.05, 3.63) is 114 Å². The average Bonchev–Trinajstić information content (AvgIpc) is 3.18. The highest BCUT2D eigenvalue weighted by atomic mass is 16.3. The smallest absolute Gasteiger partial charge is 0.0891 e. The molecule has 4 aromatic carbocycles. The van der Waals surface area contributed by atoms with E-state index in [9.17, 15) is 5.11 Å². The zero-order valence-corrected chi connectivity index (χ0v) is 19.7. The highest BCUT2D eigenvalue weighted by molar-refractivity contribution is 6.06. The number of benzene rings is 4. The lowest BCUT2D eigenvalue weighted by Crippen LogP contribution is -2.25. The van der Waals surface area contributed by atoms with Crippen LogP contribution in [0.4, 0.5) is 5.69 Å². The molecule has 0 spiro atoms. The van der Waals surface area contributed by atoms with Gasteiger partial charge in [-0.2, -0.15) is 0 Å². The first-order valence-electron chi connectivity index (χ1n) is 11.8. The van der Waals surface area contributed by atoms with Crippen LogP contribution in [-0.2, 0) is 6.54 Å². The molecule has 2 N–H and O–H groups in total. The topological polar surface area (TPSA) is 37.2 Å². The van der Waals surface area contributed by atoms with E-state index in [4.69, 9.17) is 0 Å². The number of rotatable bonds is 7. The molecule has 3 heteroatoms. The van der Waals surface area contributed by atoms with Gasteiger partial charge in [0.2, 0.25) is 0 Å². The Morgan fingerprint density at radius 1 is 0.765 bits per heavy atom. The lowest BCUT2D eigenvalue weighted by Gasteiger charge is -2.18. The number of nitrogens with zero attached hydrogens (tertiary/aromatic N) is 1. The number of anilines is 1. The van der Waals surface area contributed by atoms with Gasteiger partial charge in [-0.25, -0.2) is 0 Å². The Morgan fingerprint density at radius 3 is 2.00 bits per heavy atom. The Kier molecular flexibility index (Phi) is 6.20. The van der Waals surface area contributed by atoms with Gasteiger partial charge >= 0.3 is 0 Å². The number of hydrogen-bond donors (Lipinski definition) is 2. The van der Waals surface area contributed by atoms with E-state index in [1.54, 1.807) is 0 Å². The summed E-state index contributed by atoms with van der Waals surface area (Å²) in [6.45, 7) is 5.30. The van der Waals surface area contributed by atoms with Crippen LogP contribution in [0.1, 0.15) is 11.1 Å². The van der Waals surface area contributed by atoms with Crippen molar-refractivity contribution in [1.29, 1.82) is 0 Å². The summed E-state index contributed by atoms with van der Waals surface area (Å²) >= 11 is 0. The Hall–Kier alpha value is -3.82. The molecule has 5 aromatic rings. The van der Waals surface area contributed by atoms with E-state index >= 15 is 0 Å². The van der Waals surface area contributed by atoms with Crippen LogP contribution in [0.3, 0.4) is 0 Å². The van der Waals surface area contributed by atoms with Crippen LogP contribution < -0.4 is 5.32 Å². The van der Waals surface area contributed by atoms with Gasteiger partial charge < -0.3 is 15.0 Å². The molecule has 170 valence electrons. The second-order valence-electron chi connectivity index (χ2n) is 8.94. The summed E-state index contributed by atoms with van der Waals surface area (Å²) in [5.41, 5.74) is 9.36. The molecule has 0 aliphatic carbocycles. The van der Waals surface area contributed by atoms with Crippen molar-refractivity contribution in [2.45, 2.75) is 26.5 Å².